The molecule has 0 spiro atoms. The Morgan fingerprint density at radius 1 is 1.07 bits per heavy atom. The Labute approximate surface area is 157 Å². The lowest BCUT2D eigenvalue weighted by atomic mass is 10.1. The van der Waals surface area contributed by atoms with Crippen molar-refractivity contribution in [3.05, 3.63) is 53.1 Å². The lowest BCUT2D eigenvalue weighted by Gasteiger charge is -2.11. The van der Waals surface area contributed by atoms with Crippen molar-refractivity contribution in [3.8, 4) is 22.8 Å². The SMILES string of the molecule is FC1=CCCC=C1CNc1cnc(-c2cc3c(cc2Cl)OC(F)(F)O3)cn1. The summed E-state index contributed by atoms with van der Waals surface area (Å²) in [6, 6.07) is 2.56. The second-order valence-corrected chi connectivity index (χ2v) is 6.35. The third-order valence-corrected chi connectivity index (χ3v) is 4.38. The molecule has 2 aromatic rings. The molecular formula is C18H13ClF3N3O2. The second kappa shape index (κ2) is 6.77. The summed E-state index contributed by atoms with van der Waals surface area (Å²) in [4.78, 5) is 8.44. The molecule has 2 aliphatic rings. The maximum Gasteiger partial charge on any atom is 0.586 e. The van der Waals surface area contributed by atoms with Gasteiger partial charge in [-0.05, 0) is 25.0 Å². The first-order valence-corrected chi connectivity index (χ1v) is 8.50. The third kappa shape index (κ3) is 3.71. The van der Waals surface area contributed by atoms with E-state index in [1.807, 2.05) is 6.08 Å². The lowest BCUT2D eigenvalue weighted by Crippen LogP contribution is -2.25. The highest BCUT2D eigenvalue weighted by atomic mass is 35.5. The quantitative estimate of drug-likeness (QED) is 0.780. The smallest absolute Gasteiger partial charge is 0.395 e. The van der Waals surface area contributed by atoms with Crippen LogP contribution in [0, 0.1) is 0 Å². The molecule has 9 heteroatoms. The summed E-state index contributed by atoms with van der Waals surface area (Å²) >= 11 is 6.13. The van der Waals surface area contributed by atoms with Gasteiger partial charge in [-0.1, -0.05) is 17.7 Å². The first kappa shape index (κ1) is 17.7. The van der Waals surface area contributed by atoms with Crippen LogP contribution in [0.15, 0.2) is 48.1 Å². The molecule has 1 N–H and O–H groups in total. The van der Waals surface area contributed by atoms with Gasteiger partial charge in [0.05, 0.1) is 23.1 Å². The number of nitrogens with zero attached hydrogens (tertiary/aromatic N) is 2. The van der Waals surface area contributed by atoms with Crippen LogP contribution in [-0.2, 0) is 0 Å². The van der Waals surface area contributed by atoms with Crippen LogP contribution in [-0.4, -0.2) is 22.8 Å². The molecule has 1 aliphatic carbocycles. The van der Waals surface area contributed by atoms with E-state index in [1.54, 1.807) is 6.08 Å². The summed E-state index contributed by atoms with van der Waals surface area (Å²) < 4.78 is 48.8. The molecule has 4 rings (SSSR count). The average Bonchev–Trinajstić information content (AvgIpc) is 2.93. The minimum atomic E-state index is -3.72. The summed E-state index contributed by atoms with van der Waals surface area (Å²) in [6.07, 6.45) is 4.06. The molecule has 140 valence electrons. The fourth-order valence-electron chi connectivity index (χ4n) is 2.76. The summed E-state index contributed by atoms with van der Waals surface area (Å²) in [5.41, 5.74) is 1.32. The van der Waals surface area contributed by atoms with E-state index in [-0.39, 0.29) is 28.9 Å². The largest absolute Gasteiger partial charge is 0.586 e. The molecular weight excluding hydrogens is 383 g/mol. The number of nitrogens with one attached hydrogen (secondary N) is 1. The number of fused-ring (bicyclic) bond motifs is 1. The summed E-state index contributed by atoms with van der Waals surface area (Å²) in [6.45, 7) is 0.288. The highest BCUT2D eigenvalue weighted by Gasteiger charge is 2.43. The zero-order chi connectivity index (χ0) is 19.0. The van der Waals surface area contributed by atoms with Crippen molar-refractivity contribution in [1.82, 2.24) is 9.97 Å². The number of aromatic nitrogens is 2. The highest BCUT2D eigenvalue weighted by molar-refractivity contribution is 6.33. The van der Waals surface area contributed by atoms with Gasteiger partial charge < -0.3 is 14.8 Å². The Morgan fingerprint density at radius 3 is 2.52 bits per heavy atom. The molecule has 1 aromatic carbocycles. The normalized spacial score (nSPS) is 17.3. The van der Waals surface area contributed by atoms with Gasteiger partial charge in [0, 0.05) is 23.7 Å². The van der Waals surface area contributed by atoms with Gasteiger partial charge in [0.15, 0.2) is 11.5 Å². The zero-order valence-electron chi connectivity index (χ0n) is 13.8. The van der Waals surface area contributed by atoms with E-state index < -0.39 is 6.29 Å². The molecule has 1 aliphatic heterocycles. The van der Waals surface area contributed by atoms with Crippen LogP contribution >= 0.6 is 11.6 Å². The van der Waals surface area contributed by atoms with Crippen molar-refractivity contribution >= 4 is 17.4 Å². The summed E-state index contributed by atoms with van der Waals surface area (Å²) in [7, 11) is 0. The van der Waals surface area contributed by atoms with Crippen LogP contribution in [0.5, 0.6) is 11.5 Å². The average molecular weight is 396 g/mol. The molecule has 27 heavy (non-hydrogen) atoms. The van der Waals surface area contributed by atoms with Gasteiger partial charge in [0.2, 0.25) is 0 Å². The van der Waals surface area contributed by atoms with E-state index in [0.29, 0.717) is 29.1 Å². The zero-order valence-corrected chi connectivity index (χ0v) is 14.6. The minimum absolute atomic E-state index is 0.130. The summed E-state index contributed by atoms with van der Waals surface area (Å²) in [5, 5.41) is 3.16. The standard InChI is InChI=1S/C18H13ClF3N3O2/c19-12-6-16-15(26-18(21,22)27-16)5-11(12)14-8-25-17(9-23-14)24-7-10-3-1-2-4-13(10)20/h3-6,8-9H,1-2,7H2,(H,24,25). The monoisotopic (exact) mass is 395 g/mol. The molecule has 0 atom stereocenters. The Kier molecular flexibility index (Phi) is 4.43. The molecule has 0 saturated heterocycles. The van der Waals surface area contributed by atoms with E-state index in [2.05, 4.69) is 24.8 Å². The number of allylic oxidation sites excluding steroid dienone is 2. The number of halogens is 4. The minimum Gasteiger partial charge on any atom is -0.395 e. The Bertz CT molecular complexity index is 946. The Morgan fingerprint density at radius 2 is 1.81 bits per heavy atom. The van der Waals surface area contributed by atoms with Crippen molar-refractivity contribution in [2.75, 3.05) is 11.9 Å². The van der Waals surface area contributed by atoms with Gasteiger partial charge in [-0.25, -0.2) is 9.37 Å². The molecule has 2 heterocycles. The topological polar surface area (TPSA) is 56.3 Å². The molecule has 0 unspecified atom stereocenters. The van der Waals surface area contributed by atoms with Crippen LogP contribution in [0.25, 0.3) is 11.3 Å². The molecule has 0 radical (unpaired) electrons. The predicted molar refractivity (Wildman–Crippen MR) is 93.7 cm³/mol. The Hall–Kier alpha value is -2.74. The van der Waals surface area contributed by atoms with Gasteiger partial charge >= 0.3 is 6.29 Å². The molecule has 0 saturated carbocycles. The fourth-order valence-corrected chi connectivity index (χ4v) is 3.02. The predicted octanol–water partition coefficient (Wildman–Crippen LogP) is 5.10. The van der Waals surface area contributed by atoms with Gasteiger partial charge in [0.1, 0.15) is 11.6 Å². The lowest BCUT2D eigenvalue weighted by molar-refractivity contribution is -0.286. The fraction of sp³-hybridized carbons (Fsp3) is 0.222. The maximum atomic E-state index is 13.7. The first-order chi connectivity index (χ1) is 12.9. The Balaban J connectivity index is 1.50. The van der Waals surface area contributed by atoms with Crippen LogP contribution in [0.4, 0.5) is 19.0 Å². The van der Waals surface area contributed by atoms with Gasteiger partial charge in [-0.2, -0.15) is 0 Å². The first-order valence-electron chi connectivity index (χ1n) is 8.12. The number of benzene rings is 1. The number of alkyl halides is 2. The van der Waals surface area contributed by atoms with Crippen LogP contribution in [0.2, 0.25) is 5.02 Å². The number of anilines is 1. The van der Waals surface area contributed by atoms with Crippen LogP contribution < -0.4 is 14.8 Å². The molecule has 0 amide bonds. The van der Waals surface area contributed by atoms with E-state index in [0.717, 1.165) is 6.42 Å². The summed E-state index contributed by atoms with van der Waals surface area (Å²) in [5.74, 6) is -0.0607. The maximum absolute atomic E-state index is 13.7. The third-order valence-electron chi connectivity index (χ3n) is 4.07. The molecule has 1 aromatic heterocycles. The molecule has 0 bridgehead atoms. The second-order valence-electron chi connectivity index (χ2n) is 5.95. The van der Waals surface area contributed by atoms with E-state index >= 15 is 0 Å². The van der Waals surface area contributed by atoms with Crippen molar-refractivity contribution in [2.24, 2.45) is 0 Å². The van der Waals surface area contributed by atoms with Crippen LogP contribution in [0.3, 0.4) is 0 Å². The number of rotatable bonds is 4. The van der Waals surface area contributed by atoms with Crippen molar-refractivity contribution < 1.29 is 22.6 Å². The van der Waals surface area contributed by atoms with Gasteiger partial charge in [-0.3, -0.25) is 4.98 Å². The van der Waals surface area contributed by atoms with Crippen molar-refractivity contribution in [3.63, 3.8) is 0 Å². The van der Waals surface area contributed by atoms with Gasteiger partial charge in [-0.15, -0.1) is 8.78 Å². The van der Waals surface area contributed by atoms with E-state index in [4.69, 9.17) is 11.6 Å². The van der Waals surface area contributed by atoms with E-state index in [1.165, 1.54) is 24.5 Å². The number of hydrogen-bond donors (Lipinski definition) is 1. The number of ether oxygens (including phenoxy) is 2. The highest BCUT2D eigenvalue weighted by Crippen LogP contribution is 2.45. The van der Waals surface area contributed by atoms with Crippen molar-refractivity contribution in [1.29, 1.82) is 0 Å². The number of hydrogen-bond acceptors (Lipinski definition) is 5. The molecule has 0 fully saturated rings. The van der Waals surface area contributed by atoms with E-state index in [9.17, 15) is 13.2 Å². The van der Waals surface area contributed by atoms with Crippen LogP contribution in [0.1, 0.15) is 12.8 Å². The molecule has 5 nitrogen and oxygen atoms in total. The van der Waals surface area contributed by atoms with Crippen molar-refractivity contribution in [2.45, 2.75) is 19.1 Å². The van der Waals surface area contributed by atoms with Gasteiger partial charge in [0.25, 0.3) is 0 Å².